The first-order valence-corrected chi connectivity index (χ1v) is 5.89. The molecule has 0 bridgehead atoms. The lowest BCUT2D eigenvalue weighted by atomic mass is 9.72. The van der Waals surface area contributed by atoms with Crippen LogP contribution in [0.25, 0.3) is 0 Å². The van der Waals surface area contributed by atoms with Gasteiger partial charge in [-0.2, -0.15) is 12.6 Å². The van der Waals surface area contributed by atoms with Gasteiger partial charge in [-0.05, 0) is 31.2 Å². The molecule has 0 aromatic carbocycles. The fraction of sp³-hybridized carbons (Fsp3) is 1.00. The zero-order valence-electron chi connectivity index (χ0n) is 7.63. The summed E-state index contributed by atoms with van der Waals surface area (Å²) < 4.78 is 0. The fourth-order valence-corrected chi connectivity index (χ4v) is 3.33. The molecule has 3 atom stereocenters. The molecule has 2 aliphatic rings. The highest BCUT2D eigenvalue weighted by Gasteiger charge is 2.33. The summed E-state index contributed by atoms with van der Waals surface area (Å²) in [6.07, 6.45) is 7.27. The SMILES string of the molecule is SCC1NCCC2CCCCC21. The maximum Gasteiger partial charge on any atom is 0.0186 e. The van der Waals surface area contributed by atoms with E-state index in [1.807, 2.05) is 0 Å². The third-order valence-corrected chi connectivity index (χ3v) is 4.00. The predicted octanol–water partition coefficient (Wildman–Crippen LogP) is 2.08. The highest BCUT2D eigenvalue weighted by Crippen LogP contribution is 2.36. The minimum atomic E-state index is 0.715. The first-order valence-electron chi connectivity index (χ1n) is 5.26. The number of thiol groups is 1. The third-order valence-electron chi connectivity index (χ3n) is 3.60. The standard InChI is InChI=1S/C10H19NS/c12-7-10-9-4-2-1-3-8(9)5-6-11-10/h8-12H,1-7H2. The zero-order chi connectivity index (χ0) is 8.39. The molecule has 2 rings (SSSR count). The Balaban J connectivity index is 1.99. The van der Waals surface area contributed by atoms with E-state index < -0.39 is 0 Å². The van der Waals surface area contributed by atoms with Crippen LogP contribution in [0.15, 0.2) is 0 Å². The molecule has 0 spiro atoms. The van der Waals surface area contributed by atoms with Gasteiger partial charge in [-0.15, -0.1) is 0 Å². The molecule has 2 heteroatoms. The molecule has 1 aliphatic carbocycles. The van der Waals surface area contributed by atoms with E-state index in [-0.39, 0.29) is 0 Å². The lowest BCUT2D eigenvalue weighted by Gasteiger charge is -2.41. The molecule has 1 saturated heterocycles. The van der Waals surface area contributed by atoms with Gasteiger partial charge in [0.1, 0.15) is 0 Å². The molecule has 1 heterocycles. The smallest absolute Gasteiger partial charge is 0.0186 e. The summed E-state index contributed by atoms with van der Waals surface area (Å²) in [7, 11) is 0. The molecule has 70 valence electrons. The van der Waals surface area contributed by atoms with Crippen LogP contribution in [0.5, 0.6) is 0 Å². The van der Waals surface area contributed by atoms with Crippen LogP contribution < -0.4 is 5.32 Å². The van der Waals surface area contributed by atoms with Gasteiger partial charge in [-0.1, -0.05) is 19.3 Å². The lowest BCUT2D eigenvalue weighted by molar-refractivity contribution is 0.145. The van der Waals surface area contributed by atoms with Crippen molar-refractivity contribution in [1.82, 2.24) is 5.32 Å². The highest BCUT2D eigenvalue weighted by molar-refractivity contribution is 7.80. The minimum absolute atomic E-state index is 0.715. The van der Waals surface area contributed by atoms with Gasteiger partial charge >= 0.3 is 0 Å². The molecule has 3 unspecified atom stereocenters. The van der Waals surface area contributed by atoms with E-state index in [1.165, 1.54) is 38.6 Å². The Labute approximate surface area is 80.7 Å². The van der Waals surface area contributed by atoms with Gasteiger partial charge in [0.05, 0.1) is 0 Å². The van der Waals surface area contributed by atoms with Crippen LogP contribution in [0.2, 0.25) is 0 Å². The van der Waals surface area contributed by atoms with E-state index in [1.54, 1.807) is 0 Å². The lowest BCUT2D eigenvalue weighted by Crippen LogP contribution is -2.48. The molecule has 0 amide bonds. The van der Waals surface area contributed by atoms with Crippen molar-refractivity contribution >= 4 is 12.6 Å². The van der Waals surface area contributed by atoms with Crippen molar-refractivity contribution < 1.29 is 0 Å². The van der Waals surface area contributed by atoms with Crippen molar-refractivity contribution in [2.24, 2.45) is 11.8 Å². The first-order chi connectivity index (χ1) is 5.92. The second kappa shape index (κ2) is 4.01. The zero-order valence-corrected chi connectivity index (χ0v) is 8.52. The van der Waals surface area contributed by atoms with Crippen molar-refractivity contribution in [2.75, 3.05) is 12.3 Å². The first kappa shape index (κ1) is 8.89. The average Bonchev–Trinajstić information content (AvgIpc) is 2.17. The van der Waals surface area contributed by atoms with Gasteiger partial charge in [-0.25, -0.2) is 0 Å². The van der Waals surface area contributed by atoms with Crippen LogP contribution in [0.3, 0.4) is 0 Å². The van der Waals surface area contributed by atoms with E-state index in [4.69, 9.17) is 0 Å². The summed E-state index contributed by atoms with van der Waals surface area (Å²) >= 11 is 4.42. The van der Waals surface area contributed by atoms with Crippen molar-refractivity contribution in [3.05, 3.63) is 0 Å². The summed E-state index contributed by atoms with van der Waals surface area (Å²) in [4.78, 5) is 0. The van der Waals surface area contributed by atoms with Gasteiger partial charge in [0.2, 0.25) is 0 Å². The topological polar surface area (TPSA) is 12.0 Å². The second-order valence-corrected chi connectivity index (χ2v) is 4.61. The molecule has 1 nitrogen and oxygen atoms in total. The van der Waals surface area contributed by atoms with E-state index in [9.17, 15) is 0 Å². The Morgan fingerprint density at radius 2 is 2.00 bits per heavy atom. The van der Waals surface area contributed by atoms with Crippen molar-refractivity contribution in [2.45, 2.75) is 38.1 Å². The van der Waals surface area contributed by atoms with Crippen molar-refractivity contribution in [3.8, 4) is 0 Å². The summed E-state index contributed by atoms with van der Waals surface area (Å²) in [6, 6.07) is 0.715. The molecule has 1 N–H and O–H groups in total. The monoisotopic (exact) mass is 185 g/mol. The molecular weight excluding hydrogens is 166 g/mol. The van der Waals surface area contributed by atoms with E-state index in [2.05, 4.69) is 17.9 Å². The Kier molecular flexibility index (Phi) is 2.97. The molecule has 0 radical (unpaired) electrons. The maximum atomic E-state index is 4.42. The molecule has 0 aromatic heterocycles. The van der Waals surface area contributed by atoms with E-state index >= 15 is 0 Å². The van der Waals surface area contributed by atoms with Gasteiger partial charge in [0, 0.05) is 11.8 Å². The van der Waals surface area contributed by atoms with Crippen LogP contribution in [0, 0.1) is 11.8 Å². The third kappa shape index (κ3) is 1.64. The minimum Gasteiger partial charge on any atom is -0.313 e. The Morgan fingerprint density at radius 1 is 1.17 bits per heavy atom. The molecule has 1 saturated carbocycles. The molecule has 1 aliphatic heterocycles. The summed E-state index contributed by atoms with van der Waals surface area (Å²) in [6.45, 7) is 1.23. The molecule has 12 heavy (non-hydrogen) atoms. The van der Waals surface area contributed by atoms with Crippen LogP contribution >= 0.6 is 12.6 Å². The number of piperidine rings is 1. The summed E-state index contributed by atoms with van der Waals surface area (Å²) in [5.41, 5.74) is 0. The molecule has 0 aromatic rings. The summed E-state index contributed by atoms with van der Waals surface area (Å²) in [5, 5.41) is 3.59. The van der Waals surface area contributed by atoms with Crippen LogP contribution in [0.1, 0.15) is 32.1 Å². The average molecular weight is 185 g/mol. The largest absolute Gasteiger partial charge is 0.313 e. The van der Waals surface area contributed by atoms with Crippen LogP contribution in [0.4, 0.5) is 0 Å². The van der Waals surface area contributed by atoms with Gasteiger partial charge in [0.25, 0.3) is 0 Å². The Morgan fingerprint density at radius 3 is 2.83 bits per heavy atom. The molecule has 2 fully saturated rings. The van der Waals surface area contributed by atoms with Gasteiger partial charge < -0.3 is 5.32 Å². The normalized spacial score (nSPS) is 42.2. The maximum absolute atomic E-state index is 4.42. The van der Waals surface area contributed by atoms with Crippen molar-refractivity contribution in [1.29, 1.82) is 0 Å². The number of nitrogens with one attached hydrogen (secondary N) is 1. The predicted molar refractivity (Wildman–Crippen MR) is 55.7 cm³/mol. The number of rotatable bonds is 1. The fourth-order valence-electron chi connectivity index (χ4n) is 2.93. The number of fused-ring (bicyclic) bond motifs is 1. The Hall–Kier alpha value is 0.310. The van der Waals surface area contributed by atoms with Crippen LogP contribution in [-0.2, 0) is 0 Å². The second-order valence-electron chi connectivity index (χ2n) is 4.24. The number of hydrogen-bond acceptors (Lipinski definition) is 2. The van der Waals surface area contributed by atoms with Crippen molar-refractivity contribution in [3.63, 3.8) is 0 Å². The Bertz CT molecular complexity index is 140. The van der Waals surface area contributed by atoms with Gasteiger partial charge in [0.15, 0.2) is 0 Å². The van der Waals surface area contributed by atoms with E-state index in [0.717, 1.165) is 17.6 Å². The quantitative estimate of drug-likeness (QED) is 0.596. The highest BCUT2D eigenvalue weighted by atomic mass is 32.1. The summed E-state index contributed by atoms with van der Waals surface area (Å²) in [5.74, 6) is 3.00. The number of hydrogen-bond donors (Lipinski definition) is 2. The van der Waals surface area contributed by atoms with E-state index in [0.29, 0.717) is 6.04 Å². The van der Waals surface area contributed by atoms with Gasteiger partial charge in [-0.3, -0.25) is 0 Å². The van der Waals surface area contributed by atoms with Crippen LogP contribution in [-0.4, -0.2) is 18.3 Å². The molecular formula is C10H19NS.